The van der Waals surface area contributed by atoms with Gasteiger partial charge in [0.1, 0.15) is 18.2 Å². The number of aryl methyl sites for hydroxylation is 1. The average molecular weight is 573 g/mol. The lowest BCUT2D eigenvalue weighted by atomic mass is 9.99. The summed E-state index contributed by atoms with van der Waals surface area (Å²) in [5.41, 5.74) is 1.30. The highest BCUT2D eigenvalue weighted by Crippen LogP contribution is 2.21. The second-order valence-corrected chi connectivity index (χ2v) is 11.5. The monoisotopic (exact) mass is 572 g/mol. The molecule has 0 saturated heterocycles. The maximum Gasteiger partial charge on any atom is 0.410 e. The maximum atomic E-state index is 14.3. The molecule has 4 aromatic rings. The highest BCUT2D eigenvalue weighted by molar-refractivity contribution is 5.87. The van der Waals surface area contributed by atoms with Crippen LogP contribution in [0, 0.1) is 6.92 Å². The molecule has 0 aliphatic heterocycles. The number of aromatic nitrogens is 2. The first-order valence-electron chi connectivity index (χ1n) is 14.1. The van der Waals surface area contributed by atoms with E-state index in [2.05, 4.69) is 16.2 Å². The van der Waals surface area contributed by atoms with Gasteiger partial charge in [-0.2, -0.15) is 4.98 Å². The van der Waals surface area contributed by atoms with Crippen molar-refractivity contribution in [2.24, 2.45) is 0 Å². The molecule has 4 rings (SSSR count). The second-order valence-electron chi connectivity index (χ2n) is 11.5. The van der Waals surface area contributed by atoms with Crippen LogP contribution in [-0.4, -0.2) is 70.3 Å². The number of likely N-dealkylation sites (N-methyl/N-ethyl adjacent to an activating group) is 2. The highest BCUT2D eigenvalue weighted by atomic mass is 16.6. The zero-order chi connectivity index (χ0) is 30.3. The standard InChI is InChI=1S/C33H40N4O5/c1-23-34-30(42-35-23)22-40-21-28(19-24-12-8-7-9-13-24)36(5)31(38)29(37(6)32(39)41-33(2,3)4)20-25-16-17-26-14-10-11-15-27(26)18-25/h7-18,28-29H,19-22H2,1-6H3/t28-,29-/m1/s1. The third-order valence-electron chi connectivity index (χ3n) is 6.99. The fraction of sp³-hybridized carbons (Fsp3) is 0.394. The van der Waals surface area contributed by atoms with Crippen molar-refractivity contribution in [2.45, 2.75) is 64.8 Å². The predicted octanol–water partition coefficient (Wildman–Crippen LogP) is 5.60. The molecule has 0 saturated carbocycles. The first-order chi connectivity index (χ1) is 20.0. The molecule has 1 aromatic heterocycles. The summed E-state index contributed by atoms with van der Waals surface area (Å²) in [5, 5.41) is 5.99. The van der Waals surface area contributed by atoms with Gasteiger partial charge in [-0.15, -0.1) is 0 Å². The summed E-state index contributed by atoms with van der Waals surface area (Å²) in [4.78, 5) is 34.8. The fourth-order valence-corrected chi connectivity index (χ4v) is 4.73. The van der Waals surface area contributed by atoms with Crippen LogP contribution in [0.3, 0.4) is 0 Å². The topological polar surface area (TPSA) is 98.0 Å². The highest BCUT2D eigenvalue weighted by Gasteiger charge is 2.34. The van der Waals surface area contributed by atoms with Gasteiger partial charge in [0.15, 0.2) is 5.82 Å². The lowest BCUT2D eigenvalue weighted by Gasteiger charge is -2.35. The molecule has 2 amide bonds. The van der Waals surface area contributed by atoms with Gasteiger partial charge in [0.2, 0.25) is 5.91 Å². The smallest absolute Gasteiger partial charge is 0.410 e. The largest absolute Gasteiger partial charge is 0.444 e. The van der Waals surface area contributed by atoms with E-state index < -0.39 is 17.7 Å². The quantitative estimate of drug-likeness (QED) is 0.231. The van der Waals surface area contributed by atoms with Gasteiger partial charge in [-0.25, -0.2) is 4.79 Å². The Morgan fingerprint density at radius 2 is 1.57 bits per heavy atom. The summed E-state index contributed by atoms with van der Waals surface area (Å²) in [6.07, 6.45) is 0.326. The number of amides is 2. The van der Waals surface area contributed by atoms with Gasteiger partial charge < -0.3 is 18.9 Å². The van der Waals surface area contributed by atoms with Crippen molar-refractivity contribution in [1.29, 1.82) is 0 Å². The van der Waals surface area contributed by atoms with Crippen LogP contribution in [0.25, 0.3) is 10.8 Å². The molecule has 222 valence electrons. The lowest BCUT2D eigenvalue weighted by Crippen LogP contribution is -2.54. The number of nitrogens with zero attached hydrogens (tertiary/aromatic N) is 4. The van der Waals surface area contributed by atoms with E-state index >= 15 is 0 Å². The maximum absolute atomic E-state index is 14.3. The van der Waals surface area contributed by atoms with Gasteiger partial charge in [-0.05, 0) is 56.0 Å². The molecule has 0 aliphatic carbocycles. The number of rotatable bonds is 11. The first kappa shape index (κ1) is 30.7. The van der Waals surface area contributed by atoms with E-state index in [0.29, 0.717) is 24.6 Å². The third kappa shape index (κ3) is 8.39. The Kier molecular flexibility index (Phi) is 9.96. The van der Waals surface area contributed by atoms with E-state index in [-0.39, 0.29) is 25.2 Å². The molecule has 0 unspecified atom stereocenters. The fourth-order valence-electron chi connectivity index (χ4n) is 4.73. The molecular weight excluding hydrogens is 532 g/mol. The molecule has 0 fully saturated rings. The Morgan fingerprint density at radius 1 is 0.881 bits per heavy atom. The van der Waals surface area contributed by atoms with Crippen LogP contribution in [0.4, 0.5) is 4.79 Å². The Labute approximate surface area is 247 Å². The van der Waals surface area contributed by atoms with E-state index in [0.717, 1.165) is 21.9 Å². The predicted molar refractivity (Wildman–Crippen MR) is 161 cm³/mol. The molecule has 2 atom stereocenters. The van der Waals surface area contributed by atoms with Crippen LogP contribution in [-0.2, 0) is 33.7 Å². The lowest BCUT2D eigenvalue weighted by molar-refractivity contribution is -0.138. The summed E-state index contributed by atoms with van der Waals surface area (Å²) in [5.74, 6) is 0.692. The minimum absolute atomic E-state index is 0.131. The molecule has 0 bridgehead atoms. The molecule has 1 heterocycles. The van der Waals surface area contributed by atoms with Crippen LogP contribution in [0.1, 0.15) is 43.6 Å². The summed E-state index contributed by atoms with van der Waals surface area (Å²) >= 11 is 0. The van der Waals surface area contributed by atoms with E-state index in [1.165, 1.54) is 4.90 Å². The van der Waals surface area contributed by atoms with Crippen molar-refractivity contribution < 1.29 is 23.6 Å². The van der Waals surface area contributed by atoms with E-state index in [9.17, 15) is 9.59 Å². The summed E-state index contributed by atoms with van der Waals surface area (Å²) < 4.78 is 16.8. The molecule has 0 N–H and O–H groups in total. The minimum atomic E-state index is -0.803. The van der Waals surface area contributed by atoms with E-state index in [1.807, 2.05) is 87.5 Å². The van der Waals surface area contributed by atoms with Crippen LogP contribution < -0.4 is 0 Å². The van der Waals surface area contributed by atoms with Crippen molar-refractivity contribution >= 4 is 22.8 Å². The summed E-state index contributed by atoms with van der Waals surface area (Å²) in [6, 6.07) is 23.0. The van der Waals surface area contributed by atoms with Crippen LogP contribution in [0.5, 0.6) is 0 Å². The number of hydrogen-bond acceptors (Lipinski definition) is 7. The zero-order valence-corrected chi connectivity index (χ0v) is 25.2. The second kappa shape index (κ2) is 13.6. The van der Waals surface area contributed by atoms with Crippen LogP contribution in [0.15, 0.2) is 77.3 Å². The number of carbonyl (C=O) groups excluding carboxylic acids is 2. The molecule has 42 heavy (non-hydrogen) atoms. The van der Waals surface area contributed by atoms with Gasteiger partial charge in [-0.1, -0.05) is 78.0 Å². The molecule has 9 heteroatoms. The normalized spacial score (nSPS) is 13.0. The number of hydrogen-bond donors (Lipinski definition) is 0. The van der Waals surface area contributed by atoms with Gasteiger partial charge in [0.05, 0.1) is 12.6 Å². The summed E-state index contributed by atoms with van der Waals surface area (Å²) in [7, 11) is 3.37. The van der Waals surface area contributed by atoms with Crippen molar-refractivity contribution in [3.8, 4) is 0 Å². The molecule has 9 nitrogen and oxygen atoms in total. The molecule has 0 radical (unpaired) electrons. The van der Waals surface area contributed by atoms with E-state index in [4.69, 9.17) is 14.0 Å². The Balaban J connectivity index is 1.59. The van der Waals surface area contributed by atoms with Crippen molar-refractivity contribution in [1.82, 2.24) is 19.9 Å². The molecule has 3 aromatic carbocycles. The molecular formula is C33H40N4O5. The van der Waals surface area contributed by atoms with Gasteiger partial charge in [-0.3, -0.25) is 9.69 Å². The zero-order valence-electron chi connectivity index (χ0n) is 25.2. The molecule has 0 aliphatic rings. The Hall–Kier alpha value is -4.24. The number of fused-ring (bicyclic) bond motifs is 1. The Morgan fingerprint density at radius 3 is 2.24 bits per heavy atom. The number of carbonyl (C=O) groups is 2. The SMILES string of the molecule is Cc1noc(COC[C@@H](Cc2ccccc2)N(C)C(=O)[C@@H](Cc2ccc3ccccc3c2)N(C)C(=O)OC(C)(C)C)n1. The first-order valence-corrected chi connectivity index (χ1v) is 14.1. The van der Waals surface area contributed by atoms with Crippen LogP contribution in [0.2, 0.25) is 0 Å². The van der Waals surface area contributed by atoms with Gasteiger partial charge in [0.25, 0.3) is 5.89 Å². The number of ether oxygens (including phenoxy) is 2. The number of benzene rings is 3. The van der Waals surface area contributed by atoms with Crippen molar-refractivity contribution in [2.75, 3.05) is 20.7 Å². The van der Waals surface area contributed by atoms with Crippen molar-refractivity contribution in [3.05, 3.63) is 95.6 Å². The van der Waals surface area contributed by atoms with Crippen molar-refractivity contribution in [3.63, 3.8) is 0 Å². The molecule has 0 spiro atoms. The van der Waals surface area contributed by atoms with E-state index in [1.54, 1.807) is 25.9 Å². The van der Waals surface area contributed by atoms with Crippen LogP contribution >= 0.6 is 0 Å². The third-order valence-corrected chi connectivity index (χ3v) is 6.99. The average Bonchev–Trinajstić information content (AvgIpc) is 3.38. The minimum Gasteiger partial charge on any atom is -0.444 e. The Bertz CT molecular complexity index is 1480. The summed E-state index contributed by atoms with van der Waals surface area (Å²) in [6.45, 7) is 7.54. The van der Waals surface area contributed by atoms with Gasteiger partial charge in [0, 0.05) is 20.5 Å². The van der Waals surface area contributed by atoms with Gasteiger partial charge >= 0.3 is 6.09 Å².